The molecule has 6 nitrogen and oxygen atoms in total. The molecule has 1 aromatic carbocycles. The third-order valence-electron chi connectivity index (χ3n) is 5.25. The van der Waals surface area contributed by atoms with E-state index in [0.717, 1.165) is 5.56 Å². The molecule has 1 fully saturated rings. The molecule has 1 saturated heterocycles. The van der Waals surface area contributed by atoms with Gasteiger partial charge in [-0.15, -0.1) is 0 Å². The van der Waals surface area contributed by atoms with Crippen LogP contribution in [0.25, 0.3) is 0 Å². The first-order valence-electron chi connectivity index (χ1n) is 9.51. The van der Waals surface area contributed by atoms with E-state index in [0.29, 0.717) is 25.9 Å². The first-order chi connectivity index (χ1) is 12.4. The summed E-state index contributed by atoms with van der Waals surface area (Å²) in [5.74, 6) is -0.140. The van der Waals surface area contributed by atoms with E-state index in [1.54, 1.807) is 0 Å². The summed E-state index contributed by atoms with van der Waals surface area (Å²) in [4.78, 5) is 12.6. The monoisotopic (exact) mass is 395 g/mol. The fourth-order valence-electron chi connectivity index (χ4n) is 3.27. The molecule has 2 rings (SSSR count). The van der Waals surface area contributed by atoms with Gasteiger partial charge in [-0.2, -0.15) is 17.0 Å². The van der Waals surface area contributed by atoms with Crippen molar-refractivity contribution in [3.63, 3.8) is 0 Å². The smallest absolute Gasteiger partial charge is 0.281 e. The van der Waals surface area contributed by atoms with Crippen molar-refractivity contribution in [2.45, 2.75) is 52.0 Å². The summed E-state index contributed by atoms with van der Waals surface area (Å²) in [5, 5.41) is 3.08. The molecule has 1 amide bonds. The van der Waals surface area contributed by atoms with E-state index in [4.69, 9.17) is 0 Å². The average Bonchev–Trinajstić information content (AvgIpc) is 2.61. The Bertz CT molecular complexity index is 744. The van der Waals surface area contributed by atoms with Gasteiger partial charge in [-0.3, -0.25) is 4.79 Å². The van der Waals surface area contributed by atoms with Crippen molar-refractivity contribution in [1.29, 1.82) is 0 Å². The Morgan fingerprint density at radius 1 is 1.15 bits per heavy atom. The second-order valence-electron chi connectivity index (χ2n) is 8.57. The number of hydrogen-bond donors (Lipinski definition) is 1. The van der Waals surface area contributed by atoms with Gasteiger partial charge in [0, 0.05) is 33.1 Å². The van der Waals surface area contributed by atoms with Gasteiger partial charge in [0.2, 0.25) is 5.91 Å². The average molecular weight is 396 g/mol. The van der Waals surface area contributed by atoms with E-state index in [1.165, 1.54) is 28.3 Å². The molecule has 0 saturated carbocycles. The summed E-state index contributed by atoms with van der Waals surface area (Å²) >= 11 is 0. The van der Waals surface area contributed by atoms with Crippen LogP contribution in [0.4, 0.5) is 0 Å². The molecule has 1 aromatic rings. The molecule has 1 aliphatic rings. The van der Waals surface area contributed by atoms with Crippen molar-refractivity contribution in [3.05, 3.63) is 35.4 Å². The molecule has 1 N–H and O–H groups in total. The Kier molecular flexibility index (Phi) is 6.71. The molecule has 0 radical (unpaired) electrons. The maximum absolute atomic E-state index is 12.6. The van der Waals surface area contributed by atoms with Crippen molar-refractivity contribution in [2.24, 2.45) is 5.92 Å². The summed E-state index contributed by atoms with van der Waals surface area (Å²) in [6.45, 7) is 9.28. The molecule has 0 spiro atoms. The van der Waals surface area contributed by atoms with Crippen molar-refractivity contribution >= 4 is 16.1 Å². The van der Waals surface area contributed by atoms with Gasteiger partial charge < -0.3 is 5.32 Å². The normalized spacial score (nSPS) is 18.5. The third kappa shape index (κ3) is 5.30. The number of hydrogen-bond acceptors (Lipinski definition) is 3. The van der Waals surface area contributed by atoms with Crippen molar-refractivity contribution in [3.8, 4) is 0 Å². The van der Waals surface area contributed by atoms with Crippen LogP contribution < -0.4 is 5.32 Å². The van der Waals surface area contributed by atoms with Crippen LogP contribution in [0.15, 0.2) is 24.3 Å². The van der Waals surface area contributed by atoms with Gasteiger partial charge in [0.05, 0.1) is 6.04 Å². The molecule has 7 heteroatoms. The lowest BCUT2D eigenvalue weighted by Crippen LogP contribution is -2.47. The first-order valence-corrected chi connectivity index (χ1v) is 10.9. The van der Waals surface area contributed by atoms with Crippen LogP contribution in [-0.4, -0.2) is 50.1 Å². The Balaban J connectivity index is 1.92. The lowest BCUT2D eigenvalue weighted by atomic mass is 9.86. The van der Waals surface area contributed by atoms with Crippen molar-refractivity contribution in [1.82, 2.24) is 13.9 Å². The topological polar surface area (TPSA) is 69.7 Å². The summed E-state index contributed by atoms with van der Waals surface area (Å²) in [6.07, 6.45) is 1.10. The Morgan fingerprint density at radius 2 is 1.67 bits per heavy atom. The Hall–Kier alpha value is -1.44. The third-order valence-corrected chi connectivity index (χ3v) is 7.19. The zero-order valence-corrected chi connectivity index (χ0v) is 18.1. The predicted molar refractivity (Wildman–Crippen MR) is 109 cm³/mol. The number of amides is 1. The largest absolute Gasteiger partial charge is 0.349 e. The molecule has 0 unspecified atom stereocenters. The number of rotatable bonds is 5. The first kappa shape index (κ1) is 21.9. The molecule has 1 atom stereocenters. The number of nitrogens with zero attached hydrogens (tertiary/aromatic N) is 2. The SMILES string of the molecule is C[C@H](NC(=O)C1CCN(S(=O)(=O)N(C)C)CC1)c1ccc(C(C)(C)C)cc1. The van der Waals surface area contributed by atoms with Gasteiger partial charge in [0.15, 0.2) is 0 Å². The zero-order valence-electron chi connectivity index (χ0n) is 17.3. The number of piperidine rings is 1. The highest BCUT2D eigenvalue weighted by Crippen LogP contribution is 2.25. The minimum absolute atomic E-state index is 0.00398. The second-order valence-corrected chi connectivity index (χ2v) is 10.7. The maximum Gasteiger partial charge on any atom is 0.281 e. The van der Waals surface area contributed by atoms with Gasteiger partial charge in [0.1, 0.15) is 0 Å². The molecular formula is C20H33N3O3S. The van der Waals surface area contributed by atoms with Crippen LogP contribution in [0, 0.1) is 5.92 Å². The number of benzene rings is 1. The van der Waals surface area contributed by atoms with E-state index < -0.39 is 10.2 Å². The minimum Gasteiger partial charge on any atom is -0.349 e. The van der Waals surface area contributed by atoms with E-state index in [9.17, 15) is 13.2 Å². The van der Waals surface area contributed by atoms with Crippen molar-refractivity contribution in [2.75, 3.05) is 27.2 Å². The summed E-state index contributed by atoms with van der Waals surface area (Å²) < 4.78 is 27.0. The van der Waals surface area contributed by atoms with Crippen LogP contribution >= 0.6 is 0 Å². The standard InChI is InChI=1S/C20H33N3O3S/c1-15(16-7-9-18(10-8-16)20(2,3)4)21-19(24)17-11-13-23(14-12-17)27(25,26)22(5)6/h7-10,15,17H,11-14H2,1-6H3,(H,21,24)/t15-/m0/s1. The number of carbonyl (C=O) groups is 1. The van der Waals surface area contributed by atoms with Crippen LogP contribution in [0.3, 0.4) is 0 Å². The summed E-state index contributed by atoms with van der Waals surface area (Å²) in [6, 6.07) is 8.29. The lowest BCUT2D eigenvalue weighted by Gasteiger charge is -2.32. The highest BCUT2D eigenvalue weighted by Gasteiger charge is 2.32. The van der Waals surface area contributed by atoms with Gasteiger partial charge in [-0.05, 0) is 36.3 Å². The summed E-state index contributed by atoms with van der Waals surface area (Å²) in [5.41, 5.74) is 2.44. The lowest BCUT2D eigenvalue weighted by molar-refractivity contribution is -0.126. The van der Waals surface area contributed by atoms with Gasteiger partial charge in [-0.25, -0.2) is 0 Å². The van der Waals surface area contributed by atoms with Crippen LogP contribution in [0.1, 0.15) is 57.7 Å². The molecule has 27 heavy (non-hydrogen) atoms. The van der Waals surface area contributed by atoms with Crippen LogP contribution in [-0.2, 0) is 20.4 Å². The van der Waals surface area contributed by atoms with E-state index in [1.807, 2.05) is 6.92 Å². The molecule has 0 aromatic heterocycles. The molecule has 1 aliphatic heterocycles. The Labute approximate surface area is 164 Å². The molecule has 0 aliphatic carbocycles. The van der Waals surface area contributed by atoms with E-state index in [2.05, 4.69) is 50.4 Å². The fourth-order valence-corrected chi connectivity index (χ4v) is 4.40. The van der Waals surface area contributed by atoms with E-state index >= 15 is 0 Å². The van der Waals surface area contributed by atoms with Gasteiger partial charge in [-0.1, -0.05) is 45.0 Å². The molecule has 152 valence electrons. The van der Waals surface area contributed by atoms with Gasteiger partial charge >= 0.3 is 0 Å². The number of carbonyl (C=O) groups excluding carboxylic acids is 1. The van der Waals surface area contributed by atoms with Crippen molar-refractivity contribution < 1.29 is 13.2 Å². The minimum atomic E-state index is -3.40. The zero-order chi connectivity index (χ0) is 20.4. The highest BCUT2D eigenvalue weighted by molar-refractivity contribution is 7.86. The Morgan fingerprint density at radius 3 is 2.11 bits per heavy atom. The molecule has 1 heterocycles. The van der Waals surface area contributed by atoms with E-state index in [-0.39, 0.29) is 23.3 Å². The van der Waals surface area contributed by atoms with Crippen LogP contribution in [0.5, 0.6) is 0 Å². The van der Waals surface area contributed by atoms with Gasteiger partial charge in [0.25, 0.3) is 10.2 Å². The van der Waals surface area contributed by atoms with Crippen LogP contribution in [0.2, 0.25) is 0 Å². The highest BCUT2D eigenvalue weighted by atomic mass is 32.2. The second kappa shape index (κ2) is 8.29. The maximum atomic E-state index is 12.6. The number of nitrogens with one attached hydrogen (secondary N) is 1. The quantitative estimate of drug-likeness (QED) is 0.833. The molecule has 0 bridgehead atoms. The summed E-state index contributed by atoms with van der Waals surface area (Å²) in [7, 11) is -0.339. The fraction of sp³-hybridized carbons (Fsp3) is 0.650. The predicted octanol–water partition coefficient (Wildman–Crippen LogP) is 2.68. The molecular weight excluding hydrogens is 362 g/mol.